The van der Waals surface area contributed by atoms with Crippen LogP contribution in [-0.2, 0) is 20.7 Å². The van der Waals surface area contributed by atoms with Crippen molar-refractivity contribution in [3.8, 4) is 17.2 Å². The first-order valence-electron chi connectivity index (χ1n) is 13.2. The van der Waals surface area contributed by atoms with Crippen molar-refractivity contribution < 1.29 is 23.5 Å². The van der Waals surface area contributed by atoms with Crippen molar-refractivity contribution in [3.05, 3.63) is 59.4 Å². The fourth-order valence-corrected chi connectivity index (χ4v) is 5.14. The van der Waals surface area contributed by atoms with Gasteiger partial charge in [0.05, 0.1) is 17.0 Å². The van der Waals surface area contributed by atoms with E-state index in [1.165, 1.54) is 12.1 Å². The zero-order valence-electron chi connectivity index (χ0n) is 22.4. The molecule has 7 nitrogen and oxygen atoms in total. The quantitative estimate of drug-likeness (QED) is 0.583. The Kier molecular flexibility index (Phi) is 8.37. The second kappa shape index (κ2) is 11.5. The lowest BCUT2D eigenvalue weighted by molar-refractivity contribution is -0.137. The van der Waals surface area contributed by atoms with Gasteiger partial charge in [0.25, 0.3) is 0 Å². The molecule has 0 bridgehead atoms. The van der Waals surface area contributed by atoms with Crippen molar-refractivity contribution in [3.63, 3.8) is 0 Å². The summed E-state index contributed by atoms with van der Waals surface area (Å²) in [7, 11) is 0. The van der Waals surface area contributed by atoms with E-state index in [2.05, 4.69) is 5.32 Å². The van der Waals surface area contributed by atoms with E-state index in [9.17, 15) is 14.0 Å². The summed E-state index contributed by atoms with van der Waals surface area (Å²) in [6.07, 6.45) is 2.90. The molecule has 2 saturated heterocycles. The van der Waals surface area contributed by atoms with Crippen LogP contribution in [-0.4, -0.2) is 54.8 Å². The number of likely N-dealkylation sites (tertiary alicyclic amines) is 1. The summed E-state index contributed by atoms with van der Waals surface area (Å²) in [6.45, 7) is 7.71. The second-order valence-electron chi connectivity index (χ2n) is 11.3. The third-order valence-corrected chi connectivity index (χ3v) is 7.27. The molecular formula is C30H36FN3O4. The van der Waals surface area contributed by atoms with Crippen LogP contribution < -0.4 is 5.32 Å². The molecule has 202 valence electrons. The predicted molar refractivity (Wildman–Crippen MR) is 142 cm³/mol. The minimum absolute atomic E-state index is 0.00518. The number of nitrogens with one attached hydrogen (secondary N) is 1. The third-order valence-electron chi connectivity index (χ3n) is 7.27. The van der Waals surface area contributed by atoms with Gasteiger partial charge < -0.3 is 19.7 Å². The molecule has 0 spiro atoms. The van der Waals surface area contributed by atoms with Crippen molar-refractivity contribution in [2.75, 3.05) is 26.3 Å². The molecule has 2 heterocycles. The van der Waals surface area contributed by atoms with E-state index in [1.807, 2.05) is 51.1 Å². The van der Waals surface area contributed by atoms with E-state index in [0.717, 1.165) is 11.1 Å². The van der Waals surface area contributed by atoms with Crippen molar-refractivity contribution in [2.45, 2.75) is 64.5 Å². The maximum Gasteiger partial charge on any atom is 0.410 e. The molecule has 0 unspecified atom stereocenters. The van der Waals surface area contributed by atoms with Gasteiger partial charge in [0.15, 0.2) is 0 Å². The number of halogens is 1. The Morgan fingerprint density at radius 2 is 1.76 bits per heavy atom. The molecule has 2 aliphatic rings. The third kappa shape index (κ3) is 6.90. The van der Waals surface area contributed by atoms with Gasteiger partial charge in [-0.3, -0.25) is 4.79 Å². The highest BCUT2D eigenvalue weighted by atomic mass is 19.1. The van der Waals surface area contributed by atoms with Gasteiger partial charge in [-0.1, -0.05) is 24.3 Å². The molecule has 0 saturated carbocycles. The van der Waals surface area contributed by atoms with Gasteiger partial charge >= 0.3 is 6.09 Å². The van der Waals surface area contributed by atoms with Crippen LogP contribution in [0.3, 0.4) is 0 Å². The summed E-state index contributed by atoms with van der Waals surface area (Å²) in [6, 6.07) is 14.0. The lowest BCUT2D eigenvalue weighted by Gasteiger charge is -2.39. The van der Waals surface area contributed by atoms with E-state index in [1.54, 1.807) is 11.0 Å². The normalized spacial score (nSPS) is 17.9. The molecule has 0 aromatic heterocycles. The fourth-order valence-electron chi connectivity index (χ4n) is 5.14. The van der Waals surface area contributed by atoms with Crippen LogP contribution in [0.5, 0.6) is 0 Å². The highest BCUT2D eigenvalue weighted by Gasteiger charge is 2.41. The van der Waals surface area contributed by atoms with Gasteiger partial charge in [-0.15, -0.1) is 0 Å². The Bertz CT molecular complexity index is 1190. The maximum absolute atomic E-state index is 13.9. The van der Waals surface area contributed by atoms with Gasteiger partial charge in [-0.05, 0) is 87.8 Å². The van der Waals surface area contributed by atoms with Crippen LogP contribution >= 0.6 is 0 Å². The first-order valence-corrected chi connectivity index (χ1v) is 13.2. The molecule has 0 atom stereocenters. The fraction of sp³-hybridized carbons (Fsp3) is 0.500. The largest absolute Gasteiger partial charge is 0.444 e. The van der Waals surface area contributed by atoms with Gasteiger partial charge in [0.2, 0.25) is 5.91 Å². The number of carbonyl (C=O) groups excluding carboxylic acids is 2. The number of ether oxygens (including phenoxy) is 2. The van der Waals surface area contributed by atoms with Crippen LogP contribution in [0.4, 0.5) is 9.18 Å². The number of nitrogens with zero attached hydrogens (tertiary/aromatic N) is 2. The summed E-state index contributed by atoms with van der Waals surface area (Å²) in [5.74, 6) is -0.415. The van der Waals surface area contributed by atoms with E-state index in [4.69, 9.17) is 14.7 Å². The average Bonchev–Trinajstić information content (AvgIpc) is 2.88. The lowest BCUT2D eigenvalue weighted by atomic mass is 9.74. The molecule has 2 amide bonds. The molecule has 8 heteroatoms. The molecule has 0 aliphatic carbocycles. The molecule has 0 radical (unpaired) electrons. The zero-order valence-corrected chi connectivity index (χ0v) is 22.4. The van der Waals surface area contributed by atoms with Crippen molar-refractivity contribution in [1.29, 1.82) is 5.26 Å². The summed E-state index contributed by atoms with van der Waals surface area (Å²) in [5.41, 5.74) is 1.64. The summed E-state index contributed by atoms with van der Waals surface area (Å²) in [5, 5.41) is 12.4. The Balaban J connectivity index is 1.41. The van der Waals surface area contributed by atoms with Crippen LogP contribution in [0.15, 0.2) is 42.5 Å². The number of rotatable bonds is 5. The molecule has 2 aromatic carbocycles. The molecule has 38 heavy (non-hydrogen) atoms. The summed E-state index contributed by atoms with van der Waals surface area (Å²) < 4.78 is 25.0. The zero-order chi connectivity index (χ0) is 27.3. The minimum Gasteiger partial charge on any atom is -0.444 e. The number of benzene rings is 2. The first-order chi connectivity index (χ1) is 18.1. The van der Waals surface area contributed by atoms with Crippen molar-refractivity contribution in [2.24, 2.45) is 5.41 Å². The van der Waals surface area contributed by atoms with Crippen molar-refractivity contribution >= 4 is 12.0 Å². The molecule has 2 aliphatic heterocycles. The number of piperidine rings is 1. The molecule has 2 aromatic rings. The SMILES string of the molecule is CC(C)(C)OC(=O)N1CCC(NC(=O)C2(Cc3ccc(-c4cc(F)cc(C#N)c4)cc3)CCOCC2)CC1. The highest BCUT2D eigenvalue weighted by molar-refractivity contribution is 5.83. The predicted octanol–water partition coefficient (Wildman–Crippen LogP) is 5.22. The number of hydrogen-bond acceptors (Lipinski definition) is 5. The average molecular weight is 522 g/mol. The maximum atomic E-state index is 13.9. The molecular weight excluding hydrogens is 485 g/mol. The lowest BCUT2D eigenvalue weighted by Crippen LogP contribution is -2.53. The van der Waals surface area contributed by atoms with Crippen LogP contribution in [0.1, 0.15) is 57.6 Å². The Labute approximate surface area is 223 Å². The van der Waals surface area contributed by atoms with E-state index >= 15 is 0 Å². The first kappa shape index (κ1) is 27.6. The van der Waals surface area contributed by atoms with Crippen LogP contribution in [0, 0.1) is 22.6 Å². The Morgan fingerprint density at radius 3 is 2.37 bits per heavy atom. The monoisotopic (exact) mass is 521 g/mol. The molecule has 4 rings (SSSR count). The Morgan fingerprint density at radius 1 is 1.11 bits per heavy atom. The topological polar surface area (TPSA) is 91.7 Å². The molecule has 2 fully saturated rings. The smallest absolute Gasteiger partial charge is 0.410 e. The van der Waals surface area contributed by atoms with Crippen molar-refractivity contribution in [1.82, 2.24) is 10.2 Å². The van der Waals surface area contributed by atoms with Crippen LogP contribution in [0.2, 0.25) is 0 Å². The standard InChI is InChI=1S/C30H36FN3O4/c1-29(2,3)38-28(36)34-12-8-26(9-13-34)33-27(35)30(10-14-37-15-11-30)19-21-4-6-23(7-5-21)24-16-22(20-32)17-25(31)18-24/h4-7,16-18,26H,8-15,19H2,1-3H3,(H,33,35). The number of hydrogen-bond donors (Lipinski definition) is 1. The van der Waals surface area contributed by atoms with Gasteiger partial charge in [0, 0.05) is 32.3 Å². The minimum atomic E-state index is -0.575. The summed E-state index contributed by atoms with van der Waals surface area (Å²) in [4.78, 5) is 27.7. The van der Waals surface area contributed by atoms with E-state index in [0.29, 0.717) is 64.0 Å². The number of nitriles is 1. The van der Waals surface area contributed by atoms with Gasteiger partial charge in [0.1, 0.15) is 11.4 Å². The highest BCUT2D eigenvalue weighted by Crippen LogP contribution is 2.36. The number of amides is 2. The van der Waals surface area contributed by atoms with Crippen LogP contribution in [0.25, 0.3) is 11.1 Å². The van der Waals surface area contributed by atoms with E-state index < -0.39 is 16.8 Å². The second-order valence-corrected chi connectivity index (χ2v) is 11.3. The van der Waals surface area contributed by atoms with E-state index in [-0.39, 0.29) is 23.6 Å². The Hall–Kier alpha value is -3.44. The number of carbonyl (C=O) groups is 2. The van der Waals surface area contributed by atoms with Gasteiger partial charge in [-0.2, -0.15) is 5.26 Å². The van der Waals surface area contributed by atoms with Gasteiger partial charge in [-0.25, -0.2) is 9.18 Å². The summed E-state index contributed by atoms with van der Waals surface area (Å²) >= 11 is 0. The molecule has 1 N–H and O–H groups in total.